The normalized spacial score (nSPS) is 11.6. The molecule has 0 aliphatic heterocycles. The van der Waals surface area contributed by atoms with Crippen molar-refractivity contribution in [3.05, 3.63) is 66.6 Å². The molecule has 0 atom stereocenters. The van der Waals surface area contributed by atoms with E-state index in [-0.39, 0.29) is 0 Å². The van der Waals surface area contributed by atoms with E-state index in [1.807, 2.05) is 41.1 Å². The van der Waals surface area contributed by atoms with Crippen LogP contribution in [0.3, 0.4) is 0 Å². The van der Waals surface area contributed by atoms with Gasteiger partial charge in [-0.15, -0.1) is 0 Å². The Bertz CT molecular complexity index is 1230. The summed E-state index contributed by atoms with van der Waals surface area (Å²) in [5.41, 5.74) is 2.61. The maximum atomic E-state index is 6.13. The third-order valence-corrected chi connectivity index (χ3v) is 4.45. The first-order chi connectivity index (χ1) is 13.3. The van der Waals surface area contributed by atoms with Gasteiger partial charge in [-0.1, -0.05) is 35.5 Å². The zero-order valence-corrected chi connectivity index (χ0v) is 14.6. The molecule has 0 aliphatic carbocycles. The summed E-state index contributed by atoms with van der Waals surface area (Å²) in [6.07, 6.45) is 3.65. The fraction of sp³-hybridized carbons (Fsp3) is 0.150. The van der Waals surface area contributed by atoms with E-state index in [0.29, 0.717) is 24.9 Å². The molecule has 5 rings (SSSR count). The molecule has 3 heterocycles. The molecule has 134 valence electrons. The number of ether oxygens (including phenoxy) is 1. The number of methoxy groups -OCH3 is 1. The highest BCUT2D eigenvalue weighted by Gasteiger charge is 2.16. The van der Waals surface area contributed by atoms with Crippen molar-refractivity contribution >= 4 is 21.9 Å². The van der Waals surface area contributed by atoms with Crippen molar-refractivity contribution in [1.82, 2.24) is 19.7 Å². The van der Waals surface area contributed by atoms with Crippen LogP contribution >= 0.6 is 0 Å². The largest absolute Gasteiger partial charge is 0.455 e. The summed E-state index contributed by atoms with van der Waals surface area (Å²) in [5, 5.41) is 6.16. The Morgan fingerprint density at radius 1 is 1.07 bits per heavy atom. The summed E-state index contributed by atoms with van der Waals surface area (Å²) in [6.45, 7) is 0.737. The van der Waals surface area contributed by atoms with Gasteiger partial charge >= 0.3 is 0 Å². The van der Waals surface area contributed by atoms with E-state index in [0.717, 1.165) is 33.3 Å². The Morgan fingerprint density at radius 2 is 1.96 bits per heavy atom. The standard InChI is InChI=1S/C20H16N4O3/c1-25-12-18-22-17(23-27-18)11-24-10-9-21-20(24)15-7-4-6-14-13-5-2-3-8-16(13)26-19(14)15/h2-10H,11-12H2,1H3. The van der Waals surface area contributed by atoms with Crippen LogP contribution in [0, 0.1) is 0 Å². The van der Waals surface area contributed by atoms with Gasteiger partial charge in [-0.25, -0.2) is 4.98 Å². The molecular formula is C20H16N4O3. The van der Waals surface area contributed by atoms with E-state index in [1.165, 1.54) is 0 Å². The minimum Gasteiger partial charge on any atom is -0.455 e. The number of benzene rings is 2. The Morgan fingerprint density at radius 3 is 2.89 bits per heavy atom. The lowest BCUT2D eigenvalue weighted by Crippen LogP contribution is -2.03. The molecule has 27 heavy (non-hydrogen) atoms. The molecule has 0 amide bonds. The first-order valence-corrected chi connectivity index (χ1v) is 8.55. The predicted octanol–water partition coefficient (Wildman–Crippen LogP) is 4.03. The molecular weight excluding hydrogens is 344 g/mol. The van der Waals surface area contributed by atoms with Crippen molar-refractivity contribution in [2.45, 2.75) is 13.2 Å². The summed E-state index contributed by atoms with van der Waals surface area (Å²) in [5.74, 6) is 1.81. The Hall–Kier alpha value is -3.45. The maximum Gasteiger partial charge on any atom is 0.252 e. The maximum absolute atomic E-state index is 6.13. The molecule has 0 fully saturated rings. The topological polar surface area (TPSA) is 79.1 Å². The molecule has 0 spiro atoms. The zero-order valence-electron chi connectivity index (χ0n) is 14.6. The minimum atomic E-state index is 0.294. The molecule has 0 unspecified atom stereocenters. The van der Waals surface area contributed by atoms with Gasteiger partial charge in [0.05, 0.1) is 12.1 Å². The van der Waals surface area contributed by atoms with Crippen LogP contribution in [-0.4, -0.2) is 26.8 Å². The SMILES string of the molecule is COCc1nc(Cn2ccnc2-c2cccc3c2oc2ccccc23)no1. The second kappa shape index (κ2) is 6.37. The van der Waals surface area contributed by atoms with Crippen molar-refractivity contribution in [2.75, 3.05) is 7.11 Å². The molecule has 2 aromatic carbocycles. The molecule has 0 aliphatic rings. The lowest BCUT2D eigenvalue weighted by molar-refractivity contribution is 0.151. The number of rotatable bonds is 5. The quantitative estimate of drug-likeness (QED) is 0.471. The Balaban J connectivity index is 1.58. The highest BCUT2D eigenvalue weighted by Crippen LogP contribution is 2.35. The van der Waals surface area contributed by atoms with Gasteiger partial charge in [-0.05, 0) is 12.1 Å². The van der Waals surface area contributed by atoms with Crippen molar-refractivity contribution in [3.63, 3.8) is 0 Å². The van der Waals surface area contributed by atoms with Crippen LogP contribution in [0.5, 0.6) is 0 Å². The Labute approximate surface area is 154 Å². The van der Waals surface area contributed by atoms with Gasteiger partial charge in [0.15, 0.2) is 5.82 Å². The second-order valence-electron chi connectivity index (χ2n) is 6.20. The van der Waals surface area contributed by atoms with Gasteiger partial charge < -0.3 is 18.2 Å². The van der Waals surface area contributed by atoms with Gasteiger partial charge in [-0.3, -0.25) is 0 Å². The highest BCUT2D eigenvalue weighted by atomic mass is 16.5. The number of para-hydroxylation sites is 2. The first kappa shape index (κ1) is 15.8. The van der Waals surface area contributed by atoms with Gasteiger partial charge in [-0.2, -0.15) is 4.98 Å². The average Bonchev–Trinajstić information content (AvgIpc) is 3.41. The number of hydrogen-bond acceptors (Lipinski definition) is 6. The summed E-state index contributed by atoms with van der Waals surface area (Å²) in [6, 6.07) is 14.1. The van der Waals surface area contributed by atoms with Crippen LogP contribution in [0.4, 0.5) is 0 Å². The number of nitrogens with zero attached hydrogens (tertiary/aromatic N) is 4. The lowest BCUT2D eigenvalue weighted by Gasteiger charge is -2.06. The van der Waals surface area contributed by atoms with Crippen LogP contribution in [0.25, 0.3) is 33.3 Å². The van der Waals surface area contributed by atoms with Crippen LogP contribution < -0.4 is 0 Å². The van der Waals surface area contributed by atoms with Gasteiger partial charge in [0.25, 0.3) is 5.89 Å². The lowest BCUT2D eigenvalue weighted by atomic mass is 10.1. The van der Waals surface area contributed by atoms with E-state index in [4.69, 9.17) is 13.7 Å². The molecule has 0 bridgehead atoms. The fourth-order valence-corrected chi connectivity index (χ4v) is 3.29. The number of aromatic nitrogens is 4. The minimum absolute atomic E-state index is 0.294. The second-order valence-corrected chi connectivity index (χ2v) is 6.20. The van der Waals surface area contributed by atoms with Gasteiger partial charge in [0, 0.05) is 30.3 Å². The van der Waals surface area contributed by atoms with Crippen LogP contribution in [0.1, 0.15) is 11.7 Å². The smallest absolute Gasteiger partial charge is 0.252 e. The molecule has 3 aromatic heterocycles. The number of fused-ring (bicyclic) bond motifs is 3. The zero-order chi connectivity index (χ0) is 18.2. The van der Waals surface area contributed by atoms with Gasteiger partial charge in [0.2, 0.25) is 0 Å². The van der Waals surface area contributed by atoms with E-state index in [1.54, 1.807) is 13.3 Å². The van der Waals surface area contributed by atoms with E-state index >= 15 is 0 Å². The monoisotopic (exact) mass is 360 g/mol. The molecule has 0 radical (unpaired) electrons. The van der Waals surface area contributed by atoms with Crippen molar-refractivity contribution in [1.29, 1.82) is 0 Å². The summed E-state index contributed by atoms with van der Waals surface area (Å²) in [4.78, 5) is 8.87. The number of imidazole rings is 1. The van der Waals surface area contributed by atoms with Crippen molar-refractivity contribution in [2.24, 2.45) is 0 Å². The molecule has 0 N–H and O–H groups in total. The van der Waals surface area contributed by atoms with Crippen molar-refractivity contribution in [3.8, 4) is 11.4 Å². The highest BCUT2D eigenvalue weighted by molar-refractivity contribution is 6.09. The summed E-state index contributed by atoms with van der Waals surface area (Å²) >= 11 is 0. The molecule has 5 aromatic rings. The molecule has 7 nitrogen and oxygen atoms in total. The van der Waals surface area contributed by atoms with Crippen LogP contribution in [0.15, 0.2) is 63.8 Å². The van der Waals surface area contributed by atoms with E-state index in [2.05, 4.69) is 27.3 Å². The number of furan rings is 1. The molecule has 7 heteroatoms. The number of hydrogen-bond donors (Lipinski definition) is 0. The van der Waals surface area contributed by atoms with E-state index in [9.17, 15) is 0 Å². The Kier molecular flexibility index (Phi) is 3.72. The summed E-state index contributed by atoms with van der Waals surface area (Å²) < 4.78 is 18.3. The molecule has 0 saturated carbocycles. The average molecular weight is 360 g/mol. The molecule has 0 saturated heterocycles. The summed E-state index contributed by atoms with van der Waals surface area (Å²) in [7, 11) is 1.59. The third kappa shape index (κ3) is 2.69. The predicted molar refractivity (Wildman–Crippen MR) is 99.1 cm³/mol. The fourth-order valence-electron chi connectivity index (χ4n) is 3.29. The third-order valence-electron chi connectivity index (χ3n) is 4.45. The van der Waals surface area contributed by atoms with Crippen LogP contribution in [-0.2, 0) is 17.9 Å². The first-order valence-electron chi connectivity index (χ1n) is 8.55. The van der Waals surface area contributed by atoms with Gasteiger partial charge in [0.1, 0.15) is 23.6 Å². The van der Waals surface area contributed by atoms with E-state index < -0.39 is 0 Å². The van der Waals surface area contributed by atoms with Crippen LogP contribution in [0.2, 0.25) is 0 Å². The van der Waals surface area contributed by atoms with Crippen molar-refractivity contribution < 1.29 is 13.7 Å².